The van der Waals surface area contributed by atoms with Crippen LogP contribution in [0, 0.1) is 21.4 Å². The highest BCUT2D eigenvalue weighted by molar-refractivity contribution is 5.94. The Labute approximate surface area is 129 Å². The summed E-state index contributed by atoms with van der Waals surface area (Å²) < 4.78 is 5.72. The Morgan fingerprint density at radius 2 is 2.05 bits per heavy atom. The average molecular weight is 303 g/mol. The summed E-state index contributed by atoms with van der Waals surface area (Å²) >= 11 is 0. The van der Waals surface area contributed by atoms with E-state index >= 15 is 0 Å². The van der Waals surface area contributed by atoms with Gasteiger partial charge in [-0.25, -0.2) is 4.79 Å². The van der Waals surface area contributed by atoms with Crippen molar-refractivity contribution in [1.29, 1.82) is 0 Å². The molecule has 0 saturated heterocycles. The van der Waals surface area contributed by atoms with E-state index in [9.17, 15) is 14.9 Å². The summed E-state index contributed by atoms with van der Waals surface area (Å²) in [5.41, 5.74) is -0.0940. The smallest absolute Gasteiger partial charge is 0.345 e. The standard InChI is InChI=1S/C17H21NO4/c1-17-11-5-4-6-12(17)9-10-15(17)22-16(19)13-7-2-3-8-14(13)18(20)21/h2-3,7-8,12,15H,4-6,9-11H2,1H3. The molecule has 2 fully saturated rings. The van der Waals surface area contributed by atoms with E-state index in [1.165, 1.54) is 31.4 Å². The number of ether oxygens (including phenoxy) is 1. The Hall–Kier alpha value is -1.91. The van der Waals surface area contributed by atoms with Gasteiger partial charge in [-0.15, -0.1) is 0 Å². The zero-order chi connectivity index (χ0) is 15.7. The molecule has 0 bridgehead atoms. The Kier molecular flexibility index (Phi) is 3.89. The number of benzene rings is 1. The fourth-order valence-corrected chi connectivity index (χ4v) is 4.20. The molecule has 22 heavy (non-hydrogen) atoms. The SMILES string of the molecule is CC12CCCCC1CCC2OC(=O)c1ccccc1[N+](=O)[O-]. The Morgan fingerprint density at radius 3 is 2.82 bits per heavy atom. The molecule has 0 aromatic heterocycles. The lowest BCUT2D eigenvalue weighted by Crippen LogP contribution is -2.38. The Morgan fingerprint density at radius 1 is 1.27 bits per heavy atom. The summed E-state index contributed by atoms with van der Waals surface area (Å²) in [6.07, 6.45) is 6.55. The molecule has 0 spiro atoms. The third-order valence-corrected chi connectivity index (χ3v) is 5.53. The molecule has 0 aliphatic heterocycles. The van der Waals surface area contributed by atoms with Crippen molar-refractivity contribution in [2.45, 2.75) is 51.6 Å². The van der Waals surface area contributed by atoms with Crippen molar-refractivity contribution in [3.63, 3.8) is 0 Å². The predicted molar refractivity (Wildman–Crippen MR) is 81.6 cm³/mol. The molecule has 3 atom stereocenters. The molecule has 1 aromatic rings. The van der Waals surface area contributed by atoms with Crippen LogP contribution in [-0.2, 0) is 4.74 Å². The van der Waals surface area contributed by atoms with E-state index in [0.29, 0.717) is 5.92 Å². The maximum absolute atomic E-state index is 12.4. The minimum atomic E-state index is -0.565. The van der Waals surface area contributed by atoms with Crippen molar-refractivity contribution in [3.8, 4) is 0 Å². The quantitative estimate of drug-likeness (QED) is 0.478. The summed E-state index contributed by atoms with van der Waals surface area (Å²) in [5, 5.41) is 11.1. The first-order chi connectivity index (χ1) is 10.5. The van der Waals surface area contributed by atoms with E-state index < -0.39 is 10.9 Å². The summed E-state index contributed by atoms with van der Waals surface area (Å²) in [6, 6.07) is 6.00. The van der Waals surface area contributed by atoms with Crippen molar-refractivity contribution >= 4 is 11.7 Å². The number of nitrogens with zero attached hydrogens (tertiary/aromatic N) is 1. The van der Waals surface area contributed by atoms with Crippen LogP contribution in [-0.4, -0.2) is 17.0 Å². The molecule has 5 heteroatoms. The van der Waals surface area contributed by atoms with Gasteiger partial charge in [-0.1, -0.05) is 31.9 Å². The summed E-state index contributed by atoms with van der Waals surface area (Å²) in [7, 11) is 0. The topological polar surface area (TPSA) is 69.4 Å². The normalized spacial score (nSPS) is 30.6. The first-order valence-corrected chi connectivity index (χ1v) is 7.97. The van der Waals surface area contributed by atoms with Crippen molar-refractivity contribution in [1.82, 2.24) is 0 Å². The molecule has 3 rings (SSSR count). The zero-order valence-corrected chi connectivity index (χ0v) is 12.8. The highest BCUT2D eigenvalue weighted by atomic mass is 16.6. The molecular formula is C17H21NO4. The number of carbonyl (C=O) groups excluding carboxylic acids is 1. The van der Waals surface area contributed by atoms with Crippen molar-refractivity contribution in [3.05, 3.63) is 39.9 Å². The van der Waals surface area contributed by atoms with E-state index in [2.05, 4.69) is 6.92 Å². The number of carbonyl (C=O) groups is 1. The highest BCUT2D eigenvalue weighted by Gasteiger charge is 2.49. The van der Waals surface area contributed by atoms with Crippen LogP contribution in [0.25, 0.3) is 0 Å². The average Bonchev–Trinajstić information content (AvgIpc) is 2.84. The lowest BCUT2D eigenvalue weighted by Gasteiger charge is -2.39. The van der Waals surface area contributed by atoms with E-state index in [-0.39, 0.29) is 22.8 Å². The number of fused-ring (bicyclic) bond motifs is 1. The third-order valence-electron chi connectivity index (χ3n) is 5.53. The van der Waals surface area contributed by atoms with Crippen LogP contribution in [0.3, 0.4) is 0 Å². The number of nitro benzene ring substituents is 1. The number of nitro groups is 1. The highest BCUT2D eigenvalue weighted by Crippen LogP contribution is 2.53. The molecule has 0 N–H and O–H groups in total. The molecule has 2 aliphatic carbocycles. The van der Waals surface area contributed by atoms with Gasteiger partial charge in [-0.05, 0) is 37.7 Å². The fourth-order valence-electron chi connectivity index (χ4n) is 4.20. The molecule has 1 aromatic carbocycles. The first-order valence-electron chi connectivity index (χ1n) is 7.97. The second-order valence-corrected chi connectivity index (χ2v) is 6.69. The molecule has 118 valence electrons. The van der Waals surface area contributed by atoms with Crippen LogP contribution in [0.4, 0.5) is 5.69 Å². The van der Waals surface area contributed by atoms with Crippen LogP contribution in [0.1, 0.15) is 55.8 Å². The maximum atomic E-state index is 12.4. The fraction of sp³-hybridized carbons (Fsp3) is 0.588. The largest absolute Gasteiger partial charge is 0.458 e. The lowest BCUT2D eigenvalue weighted by molar-refractivity contribution is -0.385. The van der Waals surface area contributed by atoms with Gasteiger partial charge in [-0.2, -0.15) is 0 Å². The number of para-hydroxylation sites is 1. The van der Waals surface area contributed by atoms with Gasteiger partial charge in [0.15, 0.2) is 0 Å². The monoisotopic (exact) mass is 303 g/mol. The van der Waals surface area contributed by atoms with Crippen LogP contribution < -0.4 is 0 Å². The molecular weight excluding hydrogens is 282 g/mol. The van der Waals surface area contributed by atoms with E-state index in [0.717, 1.165) is 19.3 Å². The number of esters is 1. The Balaban J connectivity index is 1.79. The molecule has 3 unspecified atom stereocenters. The van der Waals surface area contributed by atoms with Crippen LogP contribution >= 0.6 is 0 Å². The van der Waals surface area contributed by atoms with Gasteiger partial charge in [0.1, 0.15) is 11.7 Å². The summed E-state index contributed by atoms with van der Waals surface area (Å²) in [4.78, 5) is 22.9. The maximum Gasteiger partial charge on any atom is 0.345 e. The number of rotatable bonds is 3. The first kappa shape index (κ1) is 15.0. The van der Waals surface area contributed by atoms with E-state index in [1.807, 2.05) is 0 Å². The minimum absolute atomic E-state index is 0.0392. The van der Waals surface area contributed by atoms with Gasteiger partial charge < -0.3 is 4.74 Å². The van der Waals surface area contributed by atoms with Crippen molar-refractivity contribution in [2.24, 2.45) is 11.3 Å². The van der Waals surface area contributed by atoms with Crippen LogP contribution in [0.5, 0.6) is 0 Å². The van der Waals surface area contributed by atoms with Gasteiger partial charge in [-0.3, -0.25) is 10.1 Å². The Bertz CT molecular complexity index is 600. The molecule has 2 aliphatic rings. The van der Waals surface area contributed by atoms with Crippen LogP contribution in [0.15, 0.2) is 24.3 Å². The molecule has 0 heterocycles. The summed E-state index contributed by atoms with van der Waals surface area (Å²) in [6.45, 7) is 2.21. The van der Waals surface area contributed by atoms with E-state index in [1.54, 1.807) is 12.1 Å². The zero-order valence-electron chi connectivity index (χ0n) is 12.8. The van der Waals surface area contributed by atoms with Gasteiger partial charge >= 0.3 is 5.97 Å². The van der Waals surface area contributed by atoms with Crippen molar-refractivity contribution < 1.29 is 14.5 Å². The third kappa shape index (κ3) is 2.49. The number of hydrogen-bond acceptors (Lipinski definition) is 4. The van der Waals surface area contributed by atoms with E-state index in [4.69, 9.17) is 4.74 Å². The predicted octanol–water partition coefficient (Wildman–Crippen LogP) is 4.11. The van der Waals surface area contributed by atoms with Gasteiger partial charge in [0.25, 0.3) is 5.69 Å². The molecule has 5 nitrogen and oxygen atoms in total. The van der Waals surface area contributed by atoms with Crippen LogP contribution in [0.2, 0.25) is 0 Å². The molecule has 0 amide bonds. The van der Waals surface area contributed by atoms with Gasteiger partial charge in [0.05, 0.1) is 4.92 Å². The summed E-state index contributed by atoms with van der Waals surface area (Å²) in [5.74, 6) is 0.0505. The second kappa shape index (κ2) is 5.71. The van der Waals surface area contributed by atoms with Crippen molar-refractivity contribution in [2.75, 3.05) is 0 Å². The van der Waals surface area contributed by atoms with Gasteiger partial charge in [0, 0.05) is 11.5 Å². The molecule has 2 saturated carbocycles. The number of hydrogen-bond donors (Lipinski definition) is 0. The minimum Gasteiger partial charge on any atom is -0.458 e. The second-order valence-electron chi connectivity index (χ2n) is 6.69. The van der Waals surface area contributed by atoms with Gasteiger partial charge in [0.2, 0.25) is 0 Å². The molecule has 0 radical (unpaired) electrons. The lowest BCUT2D eigenvalue weighted by atomic mass is 9.68.